The average Bonchev–Trinajstić information content (AvgIpc) is 2.38. The number of benzene rings is 1. The topological polar surface area (TPSA) is 62.2 Å². The zero-order valence-corrected chi connectivity index (χ0v) is 10.2. The maximum atomic E-state index is 10.9. The van der Waals surface area contributed by atoms with E-state index < -0.39 is 5.97 Å². The number of carbonyl (C=O) groups is 1. The summed E-state index contributed by atoms with van der Waals surface area (Å²) in [7, 11) is 0. The number of pyridine rings is 1. The van der Waals surface area contributed by atoms with Crippen LogP contribution in [-0.4, -0.2) is 16.1 Å². The molecule has 4 nitrogen and oxygen atoms in total. The number of carboxylic acid groups (broad SMARTS) is 1. The maximum absolute atomic E-state index is 10.9. The quantitative estimate of drug-likeness (QED) is 0.889. The van der Waals surface area contributed by atoms with Crippen molar-refractivity contribution in [3.8, 4) is 0 Å². The zero-order chi connectivity index (χ0) is 13.0. The number of hydrogen-bond acceptors (Lipinski definition) is 3. The second-order valence-corrected chi connectivity index (χ2v) is 4.12. The lowest BCUT2D eigenvalue weighted by molar-refractivity contribution is 0.0697. The summed E-state index contributed by atoms with van der Waals surface area (Å²) in [5.41, 5.74) is 1.88. The molecule has 92 valence electrons. The standard InChI is InChI=1S/C13H11ClN2O2/c14-12-2-1-10(7-11(12)13(17)18)16-8-9-3-5-15-6-4-9/h1-7,16H,8H2,(H,17,18). The van der Waals surface area contributed by atoms with E-state index in [2.05, 4.69) is 10.3 Å². The molecule has 0 radical (unpaired) electrons. The van der Waals surface area contributed by atoms with Crippen molar-refractivity contribution in [2.24, 2.45) is 0 Å². The molecule has 0 saturated heterocycles. The number of hydrogen-bond donors (Lipinski definition) is 2. The van der Waals surface area contributed by atoms with Gasteiger partial charge in [0, 0.05) is 24.6 Å². The summed E-state index contributed by atoms with van der Waals surface area (Å²) in [6.45, 7) is 0.600. The second-order valence-electron chi connectivity index (χ2n) is 3.71. The zero-order valence-electron chi connectivity index (χ0n) is 9.43. The minimum atomic E-state index is -1.03. The molecule has 0 spiro atoms. The van der Waals surface area contributed by atoms with Gasteiger partial charge in [0.25, 0.3) is 0 Å². The highest BCUT2D eigenvalue weighted by molar-refractivity contribution is 6.33. The Labute approximate surface area is 109 Å². The van der Waals surface area contributed by atoms with Crippen LogP contribution in [0.3, 0.4) is 0 Å². The normalized spacial score (nSPS) is 10.1. The molecule has 0 aliphatic carbocycles. The van der Waals surface area contributed by atoms with E-state index in [0.717, 1.165) is 5.56 Å². The van der Waals surface area contributed by atoms with Crippen molar-refractivity contribution in [3.05, 3.63) is 58.9 Å². The monoisotopic (exact) mass is 262 g/mol. The van der Waals surface area contributed by atoms with Gasteiger partial charge in [-0.25, -0.2) is 4.79 Å². The lowest BCUT2D eigenvalue weighted by atomic mass is 10.2. The molecule has 0 aliphatic rings. The van der Waals surface area contributed by atoms with E-state index >= 15 is 0 Å². The van der Waals surface area contributed by atoms with Gasteiger partial charge in [-0.1, -0.05) is 11.6 Å². The fraction of sp³-hybridized carbons (Fsp3) is 0.0769. The largest absolute Gasteiger partial charge is 0.478 e. The SMILES string of the molecule is O=C(O)c1cc(NCc2ccncc2)ccc1Cl. The molecular formula is C13H11ClN2O2. The predicted molar refractivity (Wildman–Crippen MR) is 70.0 cm³/mol. The van der Waals surface area contributed by atoms with Gasteiger partial charge in [0.1, 0.15) is 0 Å². The first-order chi connectivity index (χ1) is 8.66. The molecule has 5 heteroatoms. The lowest BCUT2D eigenvalue weighted by Crippen LogP contribution is -2.02. The fourth-order valence-corrected chi connectivity index (χ4v) is 1.70. The number of anilines is 1. The van der Waals surface area contributed by atoms with E-state index in [0.29, 0.717) is 12.2 Å². The first kappa shape index (κ1) is 12.4. The van der Waals surface area contributed by atoms with Crippen molar-refractivity contribution in [1.29, 1.82) is 0 Å². The molecule has 1 heterocycles. The third-order valence-corrected chi connectivity index (χ3v) is 2.77. The molecule has 0 amide bonds. The van der Waals surface area contributed by atoms with Crippen molar-refractivity contribution in [2.45, 2.75) is 6.54 Å². The van der Waals surface area contributed by atoms with Crippen LogP contribution in [0.4, 0.5) is 5.69 Å². The Morgan fingerprint density at radius 2 is 2.00 bits per heavy atom. The van der Waals surface area contributed by atoms with E-state index in [1.165, 1.54) is 6.07 Å². The number of rotatable bonds is 4. The Kier molecular flexibility index (Phi) is 3.79. The second kappa shape index (κ2) is 5.51. The van der Waals surface area contributed by atoms with Crippen LogP contribution < -0.4 is 5.32 Å². The maximum Gasteiger partial charge on any atom is 0.337 e. The van der Waals surface area contributed by atoms with Crippen LogP contribution >= 0.6 is 11.6 Å². The smallest absolute Gasteiger partial charge is 0.337 e. The van der Waals surface area contributed by atoms with E-state index in [-0.39, 0.29) is 10.6 Å². The molecule has 2 rings (SSSR count). The molecule has 0 saturated carbocycles. The number of aromatic nitrogens is 1. The van der Waals surface area contributed by atoms with Crippen molar-refractivity contribution >= 4 is 23.3 Å². The van der Waals surface area contributed by atoms with Crippen LogP contribution in [0.5, 0.6) is 0 Å². The van der Waals surface area contributed by atoms with E-state index in [1.54, 1.807) is 24.5 Å². The highest BCUT2D eigenvalue weighted by Crippen LogP contribution is 2.20. The molecule has 0 aliphatic heterocycles. The summed E-state index contributed by atoms with van der Waals surface area (Å²) in [6, 6.07) is 8.61. The van der Waals surface area contributed by atoms with Gasteiger partial charge in [0.2, 0.25) is 0 Å². The van der Waals surface area contributed by atoms with Gasteiger partial charge in [-0.05, 0) is 35.9 Å². The van der Waals surface area contributed by atoms with Crippen LogP contribution in [0, 0.1) is 0 Å². The van der Waals surface area contributed by atoms with Gasteiger partial charge in [-0.15, -0.1) is 0 Å². The Morgan fingerprint density at radius 3 is 2.67 bits per heavy atom. The Bertz CT molecular complexity index is 558. The third kappa shape index (κ3) is 2.99. The van der Waals surface area contributed by atoms with Gasteiger partial charge in [-0.3, -0.25) is 4.98 Å². The minimum Gasteiger partial charge on any atom is -0.478 e. The molecule has 0 bridgehead atoms. The molecule has 2 aromatic rings. The molecule has 2 N–H and O–H groups in total. The van der Waals surface area contributed by atoms with Crippen LogP contribution in [0.1, 0.15) is 15.9 Å². The van der Waals surface area contributed by atoms with Gasteiger partial charge in [0.05, 0.1) is 10.6 Å². The molecule has 1 aromatic heterocycles. The molecule has 0 unspecified atom stereocenters. The summed E-state index contributed by atoms with van der Waals surface area (Å²) >= 11 is 5.79. The summed E-state index contributed by atoms with van der Waals surface area (Å²) in [4.78, 5) is 14.9. The highest BCUT2D eigenvalue weighted by atomic mass is 35.5. The Balaban J connectivity index is 2.11. The number of carboxylic acids is 1. The first-order valence-electron chi connectivity index (χ1n) is 5.32. The van der Waals surface area contributed by atoms with E-state index in [4.69, 9.17) is 16.7 Å². The highest BCUT2D eigenvalue weighted by Gasteiger charge is 2.08. The van der Waals surface area contributed by atoms with Crippen LogP contribution in [0.15, 0.2) is 42.7 Å². The molecule has 0 atom stereocenters. The van der Waals surface area contributed by atoms with Gasteiger partial charge in [-0.2, -0.15) is 0 Å². The fourth-order valence-electron chi connectivity index (χ4n) is 1.50. The van der Waals surface area contributed by atoms with Crippen molar-refractivity contribution in [1.82, 2.24) is 4.98 Å². The van der Waals surface area contributed by atoms with Crippen molar-refractivity contribution < 1.29 is 9.90 Å². The predicted octanol–water partition coefficient (Wildman–Crippen LogP) is 3.05. The minimum absolute atomic E-state index is 0.0939. The third-order valence-electron chi connectivity index (χ3n) is 2.44. The number of nitrogens with one attached hydrogen (secondary N) is 1. The molecule has 18 heavy (non-hydrogen) atoms. The van der Waals surface area contributed by atoms with Crippen molar-refractivity contribution in [3.63, 3.8) is 0 Å². The average molecular weight is 263 g/mol. The lowest BCUT2D eigenvalue weighted by Gasteiger charge is -2.08. The Hall–Kier alpha value is -2.07. The molecular weight excluding hydrogens is 252 g/mol. The number of nitrogens with zero attached hydrogens (tertiary/aromatic N) is 1. The number of aromatic carboxylic acids is 1. The van der Waals surface area contributed by atoms with Gasteiger partial charge in [0.15, 0.2) is 0 Å². The Morgan fingerprint density at radius 1 is 1.28 bits per heavy atom. The first-order valence-corrected chi connectivity index (χ1v) is 5.70. The van der Waals surface area contributed by atoms with Gasteiger partial charge < -0.3 is 10.4 Å². The summed E-state index contributed by atoms with van der Waals surface area (Å²) in [5, 5.41) is 12.3. The molecule has 0 fully saturated rings. The molecule has 1 aromatic carbocycles. The summed E-state index contributed by atoms with van der Waals surface area (Å²) in [5.74, 6) is -1.03. The summed E-state index contributed by atoms with van der Waals surface area (Å²) in [6.07, 6.45) is 3.42. The number of halogens is 1. The van der Waals surface area contributed by atoms with E-state index in [1.807, 2.05) is 12.1 Å². The van der Waals surface area contributed by atoms with Gasteiger partial charge >= 0.3 is 5.97 Å². The van der Waals surface area contributed by atoms with Crippen LogP contribution in [0.25, 0.3) is 0 Å². The summed E-state index contributed by atoms with van der Waals surface area (Å²) < 4.78 is 0. The van der Waals surface area contributed by atoms with E-state index in [9.17, 15) is 4.79 Å². The van der Waals surface area contributed by atoms with Crippen molar-refractivity contribution in [2.75, 3.05) is 5.32 Å². The van der Waals surface area contributed by atoms with Crippen LogP contribution in [-0.2, 0) is 6.54 Å². The van der Waals surface area contributed by atoms with Crippen LogP contribution in [0.2, 0.25) is 5.02 Å².